The second-order valence-corrected chi connectivity index (χ2v) is 8.26. The molecule has 0 aliphatic heterocycles. The van der Waals surface area contributed by atoms with Crippen LogP contribution in [-0.2, 0) is 11.3 Å². The number of carbonyl (C=O) groups excluding carboxylic acids is 1. The molecule has 0 atom stereocenters. The van der Waals surface area contributed by atoms with Gasteiger partial charge in [0.15, 0.2) is 0 Å². The largest absolute Gasteiger partial charge is 0.325 e. The number of nitrogens with zero attached hydrogens (tertiary/aromatic N) is 2. The number of nitrogens with one attached hydrogen (secondary N) is 1. The molecule has 1 fully saturated rings. The molecule has 0 bridgehead atoms. The van der Waals surface area contributed by atoms with E-state index in [0.29, 0.717) is 17.8 Å². The molecule has 6 heteroatoms. The Bertz CT molecular complexity index is 1050. The maximum absolute atomic E-state index is 12.7. The summed E-state index contributed by atoms with van der Waals surface area (Å²) in [7, 11) is 0. The summed E-state index contributed by atoms with van der Waals surface area (Å²) in [5, 5.41) is 3.68. The standard InChI is InChI=1S/C22H22BrN3O2/c23-18-6-2-4-8-20(18)25-21(27)16-11-9-15(10-12-16)13-26-14-24-19-7-3-1-5-17(19)22(26)28/h1-8,14-16H,9-13H2,(H,25,27). The lowest BCUT2D eigenvalue weighted by Crippen LogP contribution is -2.30. The van der Waals surface area contributed by atoms with E-state index in [0.717, 1.165) is 41.4 Å². The lowest BCUT2D eigenvalue weighted by molar-refractivity contribution is -0.121. The normalized spacial score (nSPS) is 19.5. The second-order valence-electron chi connectivity index (χ2n) is 7.41. The number of amides is 1. The number of hydrogen-bond donors (Lipinski definition) is 1. The molecule has 1 aromatic heterocycles. The zero-order chi connectivity index (χ0) is 19.5. The Morgan fingerprint density at radius 3 is 2.57 bits per heavy atom. The SMILES string of the molecule is O=C(Nc1ccccc1Br)C1CCC(Cn2cnc3ccccc3c2=O)CC1. The number of benzene rings is 2. The van der Waals surface area contributed by atoms with Crippen molar-refractivity contribution in [3.8, 4) is 0 Å². The van der Waals surface area contributed by atoms with Crippen LogP contribution >= 0.6 is 15.9 Å². The number of rotatable bonds is 4. The molecule has 3 aromatic rings. The average molecular weight is 440 g/mol. The fraction of sp³-hybridized carbons (Fsp3) is 0.318. The fourth-order valence-electron chi connectivity index (χ4n) is 3.92. The maximum Gasteiger partial charge on any atom is 0.261 e. The van der Waals surface area contributed by atoms with E-state index in [4.69, 9.17) is 0 Å². The number of hydrogen-bond acceptors (Lipinski definition) is 3. The first-order chi connectivity index (χ1) is 13.6. The molecule has 0 saturated heterocycles. The predicted octanol–water partition coefficient (Wildman–Crippen LogP) is 4.60. The second kappa shape index (κ2) is 8.27. The number of para-hydroxylation sites is 2. The van der Waals surface area contributed by atoms with Crippen LogP contribution in [0, 0.1) is 11.8 Å². The van der Waals surface area contributed by atoms with E-state index in [2.05, 4.69) is 26.2 Å². The number of fused-ring (bicyclic) bond motifs is 1. The first kappa shape index (κ1) is 18.9. The summed E-state index contributed by atoms with van der Waals surface area (Å²) >= 11 is 3.47. The average Bonchev–Trinajstić information content (AvgIpc) is 2.72. The third-order valence-electron chi connectivity index (χ3n) is 5.54. The van der Waals surface area contributed by atoms with Crippen LogP contribution in [0.15, 0.2) is 64.1 Å². The molecule has 144 valence electrons. The summed E-state index contributed by atoms with van der Waals surface area (Å²) in [4.78, 5) is 29.7. The molecule has 1 saturated carbocycles. The van der Waals surface area contributed by atoms with Gasteiger partial charge in [0.25, 0.3) is 5.56 Å². The predicted molar refractivity (Wildman–Crippen MR) is 114 cm³/mol. The minimum Gasteiger partial charge on any atom is -0.325 e. The van der Waals surface area contributed by atoms with Crippen molar-refractivity contribution in [1.29, 1.82) is 0 Å². The van der Waals surface area contributed by atoms with Crippen LogP contribution in [0.2, 0.25) is 0 Å². The molecule has 28 heavy (non-hydrogen) atoms. The Balaban J connectivity index is 1.37. The smallest absolute Gasteiger partial charge is 0.261 e. The Labute approximate surface area is 171 Å². The zero-order valence-electron chi connectivity index (χ0n) is 15.5. The van der Waals surface area contributed by atoms with Crippen molar-refractivity contribution < 1.29 is 4.79 Å². The summed E-state index contributed by atoms with van der Waals surface area (Å²) < 4.78 is 2.61. The number of carbonyl (C=O) groups is 1. The Morgan fingerprint density at radius 1 is 1.07 bits per heavy atom. The van der Waals surface area contributed by atoms with Crippen molar-refractivity contribution >= 4 is 38.4 Å². The Morgan fingerprint density at radius 2 is 1.79 bits per heavy atom. The molecule has 1 amide bonds. The first-order valence-corrected chi connectivity index (χ1v) is 10.4. The highest BCUT2D eigenvalue weighted by molar-refractivity contribution is 9.10. The minimum absolute atomic E-state index is 0.0133. The van der Waals surface area contributed by atoms with Gasteiger partial charge in [-0.05, 0) is 71.8 Å². The van der Waals surface area contributed by atoms with Crippen LogP contribution < -0.4 is 10.9 Å². The lowest BCUT2D eigenvalue weighted by atomic mass is 9.81. The van der Waals surface area contributed by atoms with E-state index in [1.807, 2.05) is 48.5 Å². The van der Waals surface area contributed by atoms with Crippen LogP contribution in [-0.4, -0.2) is 15.5 Å². The third kappa shape index (κ3) is 4.02. The lowest BCUT2D eigenvalue weighted by Gasteiger charge is -2.28. The van der Waals surface area contributed by atoms with Gasteiger partial charge in [-0.3, -0.25) is 14.2 Å². The highest BCUT2D eigenvalue weighted by Crippen LogP contribution is 2.31. The van der Waals surface area contributed by atoms with Crippen LogP contribution in [0.4, 0.5) is 5.69 Å². The summed E-state index contributed by atoms with van der Waals surface area (Å²) in [6.45, 7) is 0.662. The van der Waals surface area contributed by atoms with Crippen molar-refractivity contribution in [1.82, 2.24) is 9.55 Å². The van der Waals surface area contributed by atoms with Crippen molar-refractivity contribution in [2.75, 3.05) is 5.32 Å². The van der Waals surface area contributed by atoms with E-state index in [1.54, 1.807) is 10.9 Å². The molecule has 1 aliphatic rings. The maximum atomic E-state index is 12.7. The number of aromatic nitrogens is 2. The van der Waals surface area contributed by atoms with Crippen molar-refractivity contribution in [3.05, 3.63) is 69.7 Å². The zero-order valence-corrected chi connectivity index (χ0v) is 17.1. The molecule has 2 aromatic carbocycles. The molecule has 4 rings (SSSR count). The van der Waals surface area contributed by atoms with Gasteiger partial charge < -0.3 is 5.32 Å². The fourth-order valence-corrected chi connectivity index (χ4v) is 4.30. The number of halogens is 1. The van der Waals surface area contributed by atoms with Gasteiger partial charge in [0.1, 0.15) is 0 Å². The van der Waals surface area contributed by atoms with Gasteiger partial charge in [-0.15, -0.1) is 0 Å². The van der Waals surface area contributed by atoms with Crippen molar-refractivity contribution in [2.24, 2.45) is 11.8 Å². The molecular weight excluding hydrogens is 418 g/mol. The Kier molecular flexibility index (Phi) is 5.57. The molecule has 5 nitrogen and oxygen atoms in total. The first-order valence-electron chi connectivity index (χ1n) is 9.61. The van der Waals surface area contributed by atoms with Crippen molar-refractivity contribution in [3.63, 3.8) is 0 Å². The summed E-state index contributed by atoms with van der Waals surface area (Å²) in [5.41, 5.74) is 1.55. The molecule has 0 spiro atoms. The van der Waals surface area contributed by atoms with E-state index in [1.165, 1.54) is 0 Å². The van der Waals surface area contributed by atoms with Gasteiger partial charge in [0.05, 0.1) is 22.9 Å². The van der Waals surface area contributed by atoms with E-state index >= 15 is 0 Å². The van der Waals surface area contributed by atoms with Crippen LogP contribution in [0.3, 0.4) is 0 Å². The molecule has 0 unspecified atom stereocenters. The third-order valence-corrected chi connectivity index (χ3v) is 6.23. The van der Waals surface area contributed by atoms with Gasteiger partial charge in [0.2, 0.25) is 5.91 Å². The van der Waals surface area contributed by atoms with Gasteiger partial charge in [-0.2, -0.15) is 0 Å². The van der Waals surface area contributed by atoms with Crippen LogP contribution in [0.5, 0.6) is 0 Å². The van der Waals surface area contributed by atoms with Gasteiger partial charge in [0, 0.05) is 16.9 Å². The van der Waals surface area contributed by atoms with Gasteiger partial charge in [-0.1, -0.05) is 24.3 Å². The summed E-state index contributed by atoms with van der Waals surface area (Å²) in [6.07, 6.45) is 5.21. The van der Waals surface area contributed by atoms with Gasteiger partial charge in [-0.25, -0.2) is 4.98 Å². The quantitative estimate of drug-likeness (QED) is 0.645. The van der Waals surface area contributed by atoms with E-state index < -0.39 is 0 Å². The molecule has 1 N–H and O–H groups in total. The summed E-state index contributed by atoms with van der Waals surface area (Å²) in [6, 6.07) is 15.1. The molecule has 0 radical (unpaired) electrons. The summed E-state index contributed by atoms with van der Waals surface area (Å²) in [5.74, 6) is 0.498. The van der Waals surface area contributed by atoms with E-state index in [9.17, 15) is 9.59 Å². The van der Waals surface area contributed by atoms with Crippen molar-refractivity contribution in [2.45, 2.75) is 32.2 Å². The Hall–Kier alpha value is -2.47. The molecule has 1 heterocycles. The van der Waals surface area contributed by atoms with Crippen LogP contribution in [0.25, 0.3) is 10.9 Å². The monoisotopic (exact) mass is 439 g/mol. The van der Waals surface area contributed by atoms with E-state index in [-0.39, 0.29) is 17.4 Å². The highest BCUT2D eigenvalue weighted by atomic mass is 79.9. The van der Waals surface area contributed by atoms with Gasteiger partial charge >= 0.3 is 0 Å². The number of anilines is 1. The molecular formula is C22H22BrN3O2. The highest BCUT2D eigenvalue weighted by Gasteiger charge is 2.27. The van der Waals surface area contributed by atoms with Crippen LogP contribution in [0.1, 0.15) is 25.7 Å². The minimum atomic E-state index is 0.0133. The topological polar surface area (TPSA) is 64.0 Å². The molecule has 1 aliphatic carbocycles.